The topological polar surface area (TPSA) is 48.7 Å². The van der Waals surface area contributed by atoms with Crippen LogP contribution in [-0.4, -0.2) is 4.98 Å². The molecule has 1 N–H and O–H groups in total. The molecule has 1 aromatic carbocycles. The number of rotatable bonds is 2. The lowest BCUT2D eigenvalue weighted by molar-refractivity contribution is 0.900. The number of anilines is 2. The van der Waals surface area contributed by atoms with E-state index < -0.39 is 0 Å². The van der Waals surface area contributed by atoms with Gasteiger partial charge < -0.3 is 5.32 Å². The van der Waals surface area contributed by atoms with E-state index in [1.807, 2.05) is 6.07 Å². The number of nitrogens with one attached hydrogen (secondary N) is 1. The molecule has 2 aromatic rings. The molecule has 0 saturated heterocycles. The van der Waals surface area contributed by atoms with Gasteiger partial charge in [-0.25, -0.2) is 4.98 Å². The summed E-state index contributed by atoms with van der Waals surface area (Å²) in [6, 6.07) is 10.5. The van der Waals surface area contributed by atoms with Crippen molar-refractivity contribution in [1.82, 2.24) is 4.98 Å². The fourth-order valence-electron chi connectivity index (χ4n) is 2.65. The Hall–Kier alpha value is -2.34. The summed E-state index contributed by atoms with van der Waals surface area (Å²) in [6.45, 7) is 4.12. The zero-order valence-corrected chi connectivity index (χ0v) is 11.8. The maximum atomic E-state index is 9.32. The first-order valence-electron chi connectivity index (χ1n) is 6.94. The molecule has 0 saturated carbocycles. The molecule has 100 valence electrons. The van der Waals surface area contributed by atoms with E-state index in [9.17, 15) is 5.26 Å². The Morgan fingerprint density at radius 1 is 1.20 bits per heavy atom. The second kappa shape index (κ2) is 4.97. The van der Waals surface area contributed by atoms with Crippen molar-refractivity contribution in [3.05, 3.63) is 52.2 Å². The van der Waals surface area contributed by atoms with Crippen LogP contribution in [0.5, 0.6) is 0 Å². The summed E-state index contributed by atoms with van der Waals surface area (Å²) >= 11 is 0. The first-order chi connectivity index (χ1) is 9.67. The van der Waals surface area contributed by atoms with E-state index in [2.05, 4.69) is 48.4 Å². The Labute approximate surface area is 119 Å². The van der Waals surface area contributed by atoms with Crippen LogP contribution < -0.4 is 5.32 Å². The van der Waals surface area contributed by atoms with E-state index in [0.29, 0.717) is 11.4 Å². The fourth-order valence-corrected chi connectivity index (χ4v) is 2.65. The van der Waals surface area contributed by atoms with Crippen molar-refractivity contribution in [3.63, 3.8) is 0 Å². The molecular weight excluding hydrogens is 246 g/mol. The molecule has 0 fully saturated rings. The molecule has 1 aromatic heterocycles. The van der Waals surface area contributed by atoms with Crippen molar-refractivity contribution >= 4 is 11.5 Å². The minimum Gasteiger partial charge on any atom is -0.339 e. The number of pyridine rings is 1. The van der Waals surface area contributed by atoms with Gasteiger partial charge in [0.05, 0.1) is 5.56 Å². The van der Waals surface area contributed by atoms with Crippen LogP contribution in [0.1, 0.15) is 34.4 Å². The summed E-state index contributed by atoms with van der Waals surface area (Å²) in [4.78, 5) is 4.66. The number of hydrogen-bond donors (Lipinski definition) is 1. The fraction of sp³-hybridized carbons (Fsp3) is 0.294. The summed E-state index contributed by atoms with van der Waals surface area (Å²) < 4.78 is 0. The van der Waals surface area contributed by atoms with Gasteiger partial charge in [-0.2, -0.15) is 5.26 Å². The first-order valence-corrected chi connectivity index (χ1v) is 6.94. The molecule has 0 amide bonds. The predicted octanol–water partition coefficient (Wildman–Crippen LogP) is 3.80. The number of fused-ring (bicyclic) bond motifs is 1. The second-order valence-corrected chi connectivity index (χ2v) is 5.40. The van der Waals surface area contributed by atoms with Gasteiger partial charge in [0.15, 0.2) is 0 Å². The largest absolute Gasteiger partial charge is 0.339 e. The Balaban J connectivity index is 2.02. The second-order valence-electron chi connectivity index (χ2n) is 5.40. The summed E-state index contributed by atoms with van der Waals surface area (Å²) in [6.07, 6.45) is 3.20. The summed E-state index contributed by atoms with van der Waals surface area (Å²) in [7, 11) is 0. The molecule has 0 bridgehead atoms. The van der Waals surface area contributed by atoms with Gasteiger partial charge in [-0.3, -0.25) is 0 Å². The maximum absolute atomic E-state index is 9.32. The molecule has 3 heteroatoms. The highest BCUT2D eigenvalue weighted by Gasteiger charge is 2.16. The third-order valence-corrected chi connectivity index (χ3v) is 3.82. The highest BCUT2D eigenvalue weighted by atomic mass is 15.0. The summed E-state index contributed by atoms with van der Waals surface area (Å²) in [5.41, 5.74) is 6.36. The number of nitriles is 1. The molecule has 0 radical (unpaired) electrons. The van der Waals surface area contributed by atoms with E-state index in [0.717, 1.165) is 36.2 Å². The van der Waals surface area contributed by atoms with Crippen molar-refractivity contribution in [2.75, 3.05) is 5.32 Å². The van der Waals surface area contributed by atoms with Gasteiger partial charge in [0.1, 0.15) is 11.9 Å². The average molecular weight is 263 g/mol. The zero-order chi connectivity index (χ0) is 14.1. The van der Waals surface area contributed by atoms with Gasteiger partial charge in [0, 0.05) is 11.4 Å². The third-order valence-electron chi connectivity index (χ3n) is 3.82. The quantitative estimate of drug-likeness (QED) is 0.896. The van der Waals surface area contributed by atoms with Gasteiger partial charge in [-0.1, -0.05) is 12.1 Å². The molecule has 1 aliphatic rings. The molecular formula is C17H17N3. The van der Waals surface area contributed by atoms with Gasteiger partial charge in [-0.05, 0) is 61.9 Å². The number of nitrogens with zero attached hydrogens (tertiary/aromatic N) is 2. The van der Waals surface area contributed by atoms with E-state index >= 15 is 0 Å². The lowest BCUT2D eigenvalue weighted by Crippen LogP contribution is -2.02. The minimum atomic E-state index is 0.631. The SMILES string of the molecule is Cc1ccc(C)c(Nc2nc3c(cc2C#N)CCC3)c1. The number of benzene rings is 1. The molecule has 0 spiro atoms. The van der Waals surface area contributed by atoms with Crippen LogP contribution in [-0.2, 0) is 12.8 Å². The zero-order valence-electron chi connectivity index (χ0n) is 11.8. The minimum absolute atomic E-state index is 0.631. The monoisotopic (exact) mass is 263 g/mol. The maximum Gasteiger partial charge on any atom is 0.148 e. The van der Waals surface area contributed by atoms with Crippen LogP contribution in [0.2, 0.25) is 0 Å². The highest BCUT2D eigenvalue weighted by molar-refractivity contribution is 5.66. The summed E-state index contributed by atoms with van der Waals surface area (Å²) in [5.74, 6) is 0.682. The standard InChI is InChI=1S/C17H17N3/c1-11-6-7-12(2)16(8-11)20-17-14(10-18)9-13-4-3-5-15(13)19-17/h6-9H,3-5H2,1-2H3,(H,19,20). The normalized spacial score (nSPS) is 12.8. The van der Waals surface area contributed by atoms with Crippen molar-refractivity contribution in [2.45, 2.75) is 33.1 Å². The van der Waals surface area contributed by atoms with Gasteiger partial charge in [0.25, 0.3) is 0 Å². The van der Waals surface area contributed by atoms with Gasteiger partial charge in [0.2, 0.25) is 0 Å². The highest BCUT2D eigenvalue weighted by Crippen LogP contribution is 2.28. The first kappa shape index (κ1) is 12.7. The smallest absolute Gasteiger partial charge is 0.148 e. The van der Waals surface area contributed by atoms with Crippen LogP contribution in [0.3, 0.4) is 0 Å². The van der Waals surface area contributed by atoms with Crippen LogP contribution in [0.25, 0.3) is 0 Å². The van der Waals surface area contributed by atoms with Gasteiger partial charge in [-0.15, -0.1) is 0 Å². The van der Waals surface area contributed by atoms with Gasteiger partial charge >= 0.3 is 0 Å². The number of aryl methyl sites for hydroxylation is 4. The molecule has 20 heavy (non-hydrogen) atoms. The molecule has 1 aliphatic carbocycles. The van der Waals surface area contributed by atoms with E-state index in [-0.39, 0.29) is 0 Å². The van der Waals surface area contributed by atoms with Crippen molar-refractivity contribution in [1.29, 1.82) is 5.26 Å². The van der Waals surface area contributed by atoms with Crippen LogP contribution >= 0.6 is 0 Å². The van der Waals surface area contributed by atoms with E-state index in [1.54, 1.807) is 0 Å². The van der Waals surface area contributed by atoms with Crippen molar-refractivity contribution in [3.8, 4) is 6.07 Å². The predicted molar refractivity (Wildman–Crippen MR) is 80.2 cm³/mol. The molecule has 0 aliphatic heterocycles. The Morgan fingerprint density at radius 3 is 2.85 bits per heavy atom. The summed E-state index contributed by atoms with van der Waals surface area (Å²) in [5, 5.41) is 12.7. The van der Waals surface area contributed by atoms with Crippen LogP contribution in [0, 0.1) is 25.2 Å². The average Bonchev–Trinajstić information content (AvgIpc) is 2.89. The number of hydrogen-bond acceptors (Lipinski definition) is 3. The Morgan fingerprint density at radius 2 is 2.05 bits per heavy atom. The molecule has 0 atom stereocenters. The van der Waals surface area contributed by atoms with Crippen LogP contribution in [0.4, 0.5) is 11.5 Å². The van der Waals surface area contributed by atoms with Crippen molar-refractivity contribution in [2.24, 2.45) is 0 Å². The van der Waals surface area contributed by atoms with Crippen LogP contribution in [0.15, 0.2) is 24.3 Å². The lowest BCUT2D eigenvalue weighted by Gasteiger charge is -2.12. The third kappa shape index (κ3) is 2.25. The van der Waals surface area contributed by atoms with E-state index in [4.69, 9.17) is 0 Å². The lowest BCUT2D eigenvalue weighted by atomic mass is 10.1. The Kier molecular flexibility index (Phi) is 3.15. The van der Waals surface area contributed by atoms with E-state index in [1.165, 1.54) is 11.1 Å². The molecule has 0 unspecified atom stereocenters. The molecule has 3 nitrogen and oxygen atoms in total. The van der Waals surface area contributed by atoms with Crippen molar-refractivity contribution < 1.29 is 0 Å². The Bertz CT molecular complexity index is 711. The molecule has 3 rings (SSSR count). The number of aromatic nitrogens is 1. The molecule has 1 heterocycles.